The molecule has 1 aromatic carbocycles. The highest BCUT2D eigenvalue weighted by atomic mass is 32.2. The lowest BCUT2D eigenvalue weighted by molar-refractivity contribution is -0.114. The molecule has 0 atom stereocenters. The number of amides is 1. The molecular formula is C14H17N5O3S. The Morgan fingerprint density at radius 3 is 2.78 bits per heavy atom. The molecule has 1 aromatic heterocycles. The minimum absolute atomic E-state index is 0.155. The zero-order valence-corrected chi connectivity index (χ0v) is 13.6. The van der Waals surface area contributed by atoms with Gasteiger partial charge in [-0.05, 0) is 18.6 Å². The van der Waals surface area contributed by atoms with E-state index in [1.165, 1.54) is 11.2 Å². The number of benzene rings is 1. The second-order valence-electron chi connectivity index (χ2n) is 5.50. The van der Waals surface area contributed by atoms with Crippen LogP contribution < -0.4 is 10.5 Å². The van der Waals surface area contributed by atoms with Gasteiger partial charge in [-0.15, -0.1) is 0 Å². The minimum atomic E-state index is -3.74. The van der Waals surface area contributed by atoms with E-state index in [1.54, 1.807) is 0 Å². The van der Waals surface area contributed by atoms with Crippen molar-refractivity contribution in [3.63, 3.8) is 0 Å². The molecule has 1 aliphatic rings. The summed E-state index contributed by atoms with van der Waals surface area (Å²) in [5, 5.41) is 15.1. The third-order valence-electron chi connectivity index (χ3n) is 3.88. The number of hydrogen-bond donors (Lipinski definition) is 3. The van der Waals surface area contributed by atoms with Gasteiger partial charge in [-0.3, -0.25) is 9.89 Å². The second-order valence-corrected chi connectivity index (χ2v) is 7.05. The smallest absolute Gasteiger partial charge is 0.277 e. The van der Waals surface area contributed by atoms with Gasteiger partial charge in [-0.1, -0.05) is 12.1 Å². The Hall–Kier alpha value is -2.23. The van der Waals surface area contributed by atoms with Gasteiger partial charge in [0.1, 0.15) is 0 Å². The molecule has 2 heterocycles. The first-order valence-electron chi connectivity index (χ1n) is 6.99. The largest absolute Gasteiger partial charge is 0.326 e. The predicted molar refractivity (Wildman–Crippen MR) is 85.4 cm³/mol. The highest BCUT2D eigenvalue weighted by Gasteiger charge is 2.31. The molecule has 9 heteroatoms. The number of anilines is 1. The van der Waals surface area contributed by atoms with Gasteiger partial charge in [0.2, 0.25) is 5.91 Å². The first-order valence-corrected chi connectivity index (χ1v) is 8.49. The van der Waals surface area contributed by atoms with E-state index in [4.69, 9.17) is 5.14 Å². The van der Waals surface area contributed by atoms with Crippen LogP contribution in [0.4, 0.5) is 5.69 Å². The topological polar surface area (TPSA) is 121 Å². The van der Waals surface area contributed by atoms with Crippen LogP contribution in [0.3, 0.4) is 0 Å². The average Bonchev–Trinajstić information content (AvgIpc) is 3.00. The molecule has 0 bridgehead atoms. The van der Waals surface area contributed by atoms with Crippen LogP contribution in [0.25, 0.3) is 11.3 Å². The van der Waals surface area contributed by atoms with Crippen molar-refractivity contribution in [2.24, 2.45) is 5.14 Å². The van der Waals surface area contributed by atoms with Gasteiger partial charge >= 0.3 is 0 Å². The van der Waals surface area contributed by atoms with Crippen molar-refractivity contribution in [1.82, 2.24) is 14.5 Å². The molecule has 0 aliphatic carbocycles. The maximum Gasteiger partial charge on any atom is 0.277 e. The molecule has 2 aromatic rings. The maximum absolute atomic E-state index is 11.5. The molecule has 0 fully saturated rings. The van der Waals surface area contributed by atoms with Crippen LogP contribution in [-0.4, -0.2) is 28.8 Å². The zero-order chi connectivity index (χ0) is 16.8. The van der Waals surface area contributed by atoms with Crippen molar-refractivity contribution < 1.29 is 13.2 Å². The third kappa shape index (κ3) is 2.85. The highest BCUT2D eigenvalue weighted by Crippen LogP contribution is 2.34. The summed E-state index contributed by atoms with van der Waals surface area (Å²) in [6, 6.07) is 5.52. The number of carbonyl (C=O) groups excluding carboxylic acids is 1. The summed E-state index contributed by atoms with van der Waals surface area (Å²) in [5.74, 6) is -0.155. The summed E-state index contributed by atoms with van der Waals surface area (Å²) in [5.41, 5.74) is 4.63. The molecule has 122 valence electrons. The standard InChI is InChI=1S/C14H17N5O3S/c1-8-10(4-3-5-12(8)16-9(2)20)14-11-6-19(23(15,21)22)7-13(11)17-18-14/h3-5H,6-7H2,1-2H3,(H,16,20)(H,17,18)(H2,15,21,22). The number of fused-ring (bicyclic) bond motifs is 1. The maximum atomic E-state index is 11.5. The number of aromatic amines is 1. The van der Waals surface area contributed by atoms with E-state index in [-0.39, 0.29) is 19.0 Å². The van der Waals surface area contributed by atoms with Gasteiger partial charge in [-0.2, -0.15) is 17.8 Å². The van der Waals surface area contributed by atoms with E-state index < -0.39 is 10.2 Å². The fourth-order valence-corrected chi connectivity index (χ4v) is 3.35. The Morgan fingerprint density at radius 1 is 1.39 bits per heavy atom. The van der Waals surface area contributed by atoms with Crippen molar-refractivity contribution >= 4 is 21.8 Å². The predicted octanol–water partition coefficient (Wildman–Crippen LogP) is 0.863. The third-order valence-corrected chi connectivity index (χ3v) is 4.86. The van der Waals surface area contributed by atoms with Crippen molar-refractivity contribution in [3.8, 4) is 11.3 Å². The normalized spacial score (nSPS) is 14.7. The van der Waals surface area contributed by atoms with Crippen LogP contribution >= 0.6 is 0 Å². The van der Waals surface area contributed by atoms with Crippen molar-refractivity contribution in [3.05, 3.63) is 35.0 Å². The summed E-state index contributed by atoms with van der Waals surface area (Å²) in [4.78, 5) is 11.3. The van der Waals surface area contributed by atoms with E-state index in [0.29, 0.717) is 11.4 Å². The van der Waals surface area contributed by atoms with Crippen LogP contribution in [0, 0.1) is 6.92 Å². The molecule has 23 heavy (non-hydrogen) atoms. The fraction of sp³-hybridized carbons (Fsp3) is 0.286. The Labute approximate surface area is 133 Å². The van der Waals surface area contributed by atoms with Crippen molar-refractivity contribution in [2.45, 2.75) is 26.9 Å². The summed E-state index contributed by atoms with van der Waals surface area (Å²) < 4.78 is 24.2. The molecule has 0 radical (unpaired) electrons. The number of carbonyl (C=O) groups is 1. The highest BCUT2D eigenvalue weighted by molar-refractivity contribution is 7.86. The molecule has 0 saturated carbocycles. The van der Waals surface area contributed by atoms with Crippen LogP contribution in [0.1, 0.15) is 23.7 Å². The number of hydrogen-bond acceptors (Lipinski definition) is 4. The molecule has 1 aliphatic heterocycles. The first-order chi connectivity index (χ1) is 10.8. The van der Waals surface area contributed by atoms with Gasteiger partial charge in [0.25, 0.3) is 10.2 Å². The average molecular weight is 335 g/mol. The summed E-state index contributed by atoms with van der Waals surface area (Å²) in [7, 11) is -3.74. The lowest BCUT2D eigenvalue weighted by atomic mass is 10.0. The molecule has 0 unspecified atom stereocenters. The molecular weight excluding hydrogens is 318 g/mol. The minimum Gasteiger partial charge on any atom is -0.326 e. The molecule has 3 rings (SSSR count). The zero-order valence-electron chi connectivity index (χ0n) is 12.8. The van der Waals surface area contributed by atoms with Crippen LogP contribution in [0.2, 0.25) is 0 Å². The molecule has 0 saturated heterocycles. The van der Waals surface area contributed by atoms with Crippen LogP contribution in [-0.2, 0) is 28.1 Å². The van der Waals surface area contributed by atoms with Crippen molar-refractivity contribution in [2.75, 3.05) is 5.32 Å². The molecule has 0 spiro atoms. The number of nitrogens with two attached hydrogens (primary N) is 1. The van der Waals surface area contributed by atoms with Gasteiger partial charge in [0.05, 0.1) is 17.9 Å². The van der Waals surface area contributed by atoms with E-state index in [1.807, 2.05) is 25.1 Å². The Balaban J connectivity index is 2.02. The summed E-state index contributed by atoms with van der Waals surface area (Å²) in [6.45, 7) is 3.70. The van der Waals surface area contributed by atoms with E-state index in [0.717, 1.165) is 22.4 Å². The fourth-order valence-electron chi connectivity index (χ4n) is 2.73. The van der Waals surface area contributed by atoms with Gasteiger partial charge in [0, 0.05) is 30.3 Å². The number of rotatable bonds is 3. The van der Waals surface area contributed by atoms with Crippen molar-refractivity contribution in [1.29, 1.82) is 0 Å². The van der Waals surface area contributed by atoms with E-state index >= 15 is 0 Å². The quantitative estimate of drug-likeness (QED) is 0.770. The Kier molecular flexibility index (Phi) is 3.71. The number of nitrogens with one attached hydrogen (secondary N) is 2. The molecule has 8 nitrogen and oxygen atoms in total. The number of H-pyrrole nitrogens is 1. The number of aromatic nitrogens is 2. The molecule has 1 amide bonds. The monoisotopic (exact) mass is 335 g/mol. The van der Waals surface area contributed by atoms with Crippen LogP contribution in [0.5, 0.6) is 0 Å². The molecule has 4 N–H and O–H groups in total. The van der Waals surface area contributed by atoms with E-state index in [2.05, 4.69) is 15.5 Å². The van der Waals surface area contributed by atoms with E-state index in [9.17, 15) is 13.2 Å². The van der Waals surface area contributed by atoms with Gasteiger partial charge in [-0.25, -0.2) is 5.14 Å². The SMILES string of the molecule is CC(=O)Nc1cccc(-c2n[nH]c3c2CN(S(N)(=O)=O)C3)c1C. The second kappa shape index (κ2) is 5.44. The lowest BCUT2D eigenvalue weighted by Gasteiger charge is -2.13. The summed E-state index contributed by atoms with van der Waals surface area (Å²) >= 11 is 0. The van der Waals surface area contributed by atoms with Crippen LogP contribution in [0.15, 0.2) is 18.2 Å². The van der Waals surface area contributed by atoms with Gasteiger partial charge < -0.3 is 5.32 Å². The summed E-state index contributed by atoms with van der Waals surface area (Å²) in [6.07, 6.45) is 0. The first kappa shape index (κ1) is 15.7. The lowest BCUT2D eigenvalue weighted by Crippen LogP contribution is -2.32. The Morgan fingerprint density at radius 2 is 2.13 bits per heavy atom. The Bertz CT molecular complexity index is 888. The van der Waals surface area contributed by atoms with Gasteiger partial charge in [0.15, 0.2) is 0 Å². The number of nitrogens with zero attached hydrogens (tertiary/aromatic N) is 2.